The average Bonchev–Trinajstić information content (AvgIpc) is 2.52. The van der Waals surface area contributed by atoms with Gasteiger partial charge in [0.2, 0.25) is 5.91 Å². The molecule has 0 saturated carbocycles. The Bertz CT molecular complexity index is 726. The van der Waals surface area contributed by atoms with E-state index < -0.39 is 5.91 Å². The number of amides is 2. The van der Waals surface area contributed by atoms with E-state index in [0.29, 0.717) is 5.69 Å². The first-order valence-corrected chi connectivity index (χ1v) is 7.36. The Kier molecular flexibility index (Phi) is 5.36. The van der Waals surface area contributed by atoms with E-state index in [1.807, 2.05) is 32.0 Å². The number of carbonyl (C=O) groups excluding carboxylic acids is 2. The van der Waals surface area contributed by atoms with Gasteiger partial charge in [-0.1, -0.05) is 24.3 Å². The summed E-state index contributed by atoms with van der Waals surface area (Å²) in [5.41, 5.74) is 8.19. The Morgan fingerprint density at radius 2 is 1.83 bits per heavy atom. The van der Waals surface area contributed by atoms with Crippen LogP contribution in [0.1, 0.15) is 27.9 Å². The smallest absolute Gasteiger partial charge is 0.250 e. The lowest BCUT2D eigenvalue weighted by molar-refractivity contribution is -0.116. The van der Waals surface area contributed by atoms with E-state index in [4.69, 9.17) is 10.5 Å². The fraction of sp³-hybridized carbons (Fsp3) is 0.222. The summed E-state index contributed by atoms with van der Waals surface area (Å²) in [5, 5.41) is 2.68. The summed E-state index contributed by atoms with van der Waals surface area (Å²) < 4.78 is 5.65. The van der Waals surface area contributed by atoms with Crippen molar-refractivity contribution in [1.82, 2.24) is 0 Å². The number of nitrogens with one attached hydrogen (secondary N) is 1. The summed E-state index contributed by atoms with van der Waals surface area (Å²) in [6.07, 6.45) is 0.181. The number of anilines is 1. The van der Waals surface area contributed by atoms with Crippen LogP contribution in [0.4, 0.5) is 5.69 Å². The van der Waals surface area contributed by atoms with Crippen molar-refractivity contribution in [1.29, 1.82) is 0 Å². The third-order valence-electron chi connectivity index (χ3n) is 3.61. The second-order valence-corrected chi connectivity index (χ2v) is 5.25. The molecule has 0 radical (unpaired) electrons. The van der Waals surface area contributed by atoms with Crippen molar-refractivity contribution in [3.63, 3.8) is 0 Å². The summed E-state index contributed by atoms with van der Waals surface area (Å²) in [7, 11) is 0. The Labute approximate surface area is 135 Å². The van der Waals surface area contributed by atoms with Gasteiger partial charge in [-0.05, 0) is 43.2 Å². The lowest BCUT2D eigenvalue weighted by Crippen LogP contribution is -2.19. The summed E-state index contributed by atoms with van der Waals surface area (Å²) >= 11 is 0. The predicted molar refractivity (Wildman–Crippen MR) is 89.6 cm³/mol. The van der Waals surface area contributed by atoms with Crippen LogP contribution in [0.25, 0.3) is 0 Å². The SMILES string of the molecule is Cc1cccc(OCCC(=O)Nc2ccccc2C(N)=O)c1C. The molecule has 0 unspecified atom stereocenters. The van der Waals surface area contributed by atoms with Crippen LogP contribution in [0.3, 0.4) is 0 Å². The first kappa shape index (κ1) is 16.5. The minimum atomic E-state index is -0.576. The van der Waals surface area contributed by atoms with E-state index in [0.717, 1.165) is 16.9 Å². The van der Waals surface area contributed by atoms with E-state index >= 15 is 0 Å². The van der Waals surface area contributed by atoms with Gasteiger partial charge in [0.25, 0.3) is 5.91 Å². The Morgan fingerprint density at radius 3 is 2.57 bits per heavy atom. The van der Waals surface area contributed by atoms with Crippen molar-refractivity contribution in [2.45, 2.75) is 20.3 Å². The molecule has 2 aromatic carbocycles. The van der Waals surface area contributed by atoms with Gasteiger partial charge in [-0.3, -0.25) is 9.59 Å². The van der Waals surface area contributed by atoms with E-state index in [1.54, 1.807) is 24.3 Å². The quantitative estimate of drug-likeness (QED) is 0.860. The molecule has 2 amide bonds. The van der Waals surface area contributed by atoms with Crippen molar-refractivity contribution in [3.8, 4) is 5.75 Å². The zero-order chi connectivity index (χ0) is 16.8. The van der Waals surface area contributed by atoms with Crippen LogP contribution in [0, 0.1) is 13.8 Å². The number of ether oxygens (including phenoxy) is 1. The van der Waals surface area contributed by atoms with Crippen molar-refractivity contribution in [2.75, 3.05) is 11.9 Å². The number of hydrogen-bond acceptors (Lipinski definition) is 3. The van der Waals surface area contributed by atoms with Crippen molar-refractivity contribution < 1.29 is 14.3 Å². The molecule has 0 spiro atoms. The predicted octanol–water partition coefficient (Wildman–Crippen LogP) is 2.81. The minimum Gasteiger partial charge on any atom is -0.493 e. The maximum atomic E-state index is 12.0. The molecule has 0 aliphatic heterocycles. The third kappa shape index (κ3) is 4.32. The lowest BCUT2D eigenvalue weighted by Gasteiger charge is -2.11. The first-order chi connectivity index (χ1) is 11.0. The Balaban J connectivity index is 1.91. The number of hydrogen-bond donors (Lipinski definition) is 2. The summed E-state index contributed by atoms with van der Waals surface area (Å²) in [4.78, 5) is 23.3. The number of nitrogens with two attached hydrogens (primary N) is 1. The molecule has 0 aromatic heterocycles. The van der Waals surface area contributed by atoms with Gasteiger partial charge in [-0.15, -0.1) is 0 Å². The maximum absolute atomic E-state index is 12.0. The summed E-state index contributed by atoms with van der Waals surface area (Å²) in [6.45, 7) is 4.25. The van der Waals surface area contributed by atoms with Crippen molar-refractivity contribution in [2.24, 2.45) is 5.73 Å². The van der Waals surface area contributed by atoms with Crippen LogP contribution in [0.15, 0.2) is 42.5 Å². The molecule has 0 saturated heterocycles. The van der Waals surface area contributed by atoms with Crippen molar-refractivity contribution >= 4 is 17.5 Å². The van der Waals surface area contributed by atoms with Crippen LogP contribution >= 0.6 is 0 Å². The monoisotopic (exact) mass is 312 g/mol. The molecule has 0 aliphatic carbocycles. The molecule has 23 heavy (non-hydrogen) atoms. The highest BCUT2D eigenvalue weighted by atomic mass is 16.5. The summed E-state index contributed by atoms with van der Waals surface area (Å²) in [5.74, 6) is -0.0353. The maximum Gasteiger partial charge on any atom is 0.250 e. The fourth-order valence-corrected chi connectivity index (χ4v) is 2.15. The molecule has 120 valence electrons. The topological polar surface area (TPSA) is 81.4 Å². The van der Waals surface area contributed by atoms with E-state index in [1.165, 1.54) is 0 Å². The Hall–Kier alpha value is -2.82. The minimum absolute atomic E-state index is 0.181. The van der Waals surface area contributed by atoms with Crippen LogP contribution in [0.2, 0.25) is 0 Å². The highest BCUT2D eigenvalue weighted by molar-refractivity contribution is 6.02. The van der Waals surface area contributed by atoms with E-state index in [-0.39, 0.29) is 24.5 Å². The lowest BCUT2D eigenvalue weighted by atomic mass is 10.1. The highest BCUT2D eigenvalue weighted by Gasteiger charge is 2.10. The third-order valence-corrected chi connectivity index (χ3v) is 3.61. The molecule has 0 atom stereocenters. The molecule has 5 heteroatoms. The average molecular weight is 312 g/mol. The molecule has 0 aliphatic rings. The van der Waals surface area contributed by atoms with Gasteiger partial charge >= 0.3 is 0 Å². The van der Waals surface area contributed by atoms with Crippen LogP contribution in [-0.2, 0) is 4.79 Å². The molecule has 0 bridgehead atoms. The van der Waals surface area contributed by atoms with Crippen LogP contribution in [-0.4, -0.2) is 18.4 Å². The molecule has 2 rings (SSSR count). The molecular formula is C18H20N2O3. The molecule has 0 heterocycles. The number of rotatable bonds is 6. The van der Waals surface area contributed by atoms with Crippen molar-refractivity contribution in [3.05, 3.63) is 59.2 Å². The zero-order valence-corrected chi connectivity index (χ0v) is 13.3. The molecule has 0 fully saturated rings. The molecule has 2 aromatic rings. The first-order valence-electron chi connectivity index (χ1n) is 7.36. The standard InChI is InChI=1S/C18H20N2O3/c1-12-6-5-9-16(13(12)2)23-11-10-17(21)20-15-8-4-3-7-14(15)18(19)22/h3-9H,10-11H2,1-2H3,(H2,19,22)(H,20,21). The van der Waals surface area contributed by atoms with Crippen LogP contribution < -0.4 is 15.8 Å². The van der Waals surface area contributed by atoms with Gasteiger partial charge in [0.05, 0.1) is 24.3 Å². The van der Waals surface area contributed by atoms with Gasteiger partial charge in [0, 0.05) is 0 Å². The Morgan fingerprint density at radius 1 is 1.09 bits per heavy atom. The second-order valence-electron chi connectivity index (χ2n) is 5.25. The fourth-order valence-electron chi connectivity index (χ4n) is 2.15. The molecule has 3 N–H and O–H groups in total. The number of para-hydroxylation sites is 1. The largest absolute Gasteiger partial charge is 0.493 e. The van der Waals surface area contributed by atoms with Gasteiger partial charge < -0.3 is 15.8 Å². The normalized spacial score (nSPS) is 10.2. The van der Waals surface area contributed by atoms with E-state index in [9.17, 15) is 9.59 Å². The second kappa shape index (κ2) is 7.45. The number of aryl methyl sites for hydroxylation is 1. The number of benzene rings is 2. The number of carbonyl (C=O) groups is 2. The van der Waals surface area contributed by atoms with Gasteiger partial charge in [-0.25, -0.2) is 0 Å². The van der Waals surface area contributed by atoms with Gasteiger partial charge in [-0.2, -0.15) is 0 Å². The zero-order valence-electron chi connectivity index (χ0n) is 13.3. The number of primary amides is 1. The van der Waals surface area contributed by atoms with Gasteiger partial charge in [0.15, 0.2) is 0 Å². The van der Waals surface area contributed by atoms with Crippen LogP contribution in [0.5, 0.6) is 5.75 Å². The van der Waals surface area contributed by atoms with Gasteiger partial charge in [0.1, 0.15) is 5.75 Å². The van der Waals surface area contributed by atoms with E-state index in [2.05, 4.69) is 5.32 Å². The highest BCUT2D eigenvalue weighted by Crippen LogP contribution is 2.20. The molecular weight excluding hydrogens is 292 g/mol. The summed E-state index contributed by atoms with van der Waals surface area (Å²) in [6, 6.07) is 12.4. The molecule has 5 nitrogen and oxygen atoms in total.